The first-order valence-electron chi connectivity index (χ1n) is 5.14. The Bertz CT molecular complexity index is 152. The summed E-state index contributed by atoms with van der Waals surface area (Å²) in [5, 5.41) is 0. The standard InChI is InChI=1S/C10H23N3/c1-12(2)7-4-8-13(3)9-10(11)5-6-10/h4-9,11H2,1-3H3. The Kier molecular flexibility index (Phi) is 3.71. The van der Waals surface area contributed by atoms with Gasteiger partial charge in [-0.05, 0) is 53.5 Å². The van der Waals surface area contributed by atoms with E-state index in [4.69, 9.17) is 5.73 Å². The zero-order valence-electron chi connectivity index (χ0n) is 9.21. The maximum absolute atomic E-state index is 6.03. The number of hydrogen-bond acceptors (Lipinski definition) is 3. The lowest BCUT2D eigenvalue weighted by atomic mass is 10.2. The minimum atomic E-state index is 0.173. The predicted octanol–water partition coefficient (Wildman–Crippen LogP) is 0.361. The van der Waals surface area contributed by atoms with E-state index in [2.05, 4.69) is 30.9 Å². The molecule has 1 fully saturated rings. The summed E-state index contributed by atoms with van der Waals surface area (Å²) in [5.74, 6) is 0. The lowest BCUT2D eigenvalue weighted by Crippen LogP contribution is -2.38. The van der Waals surface area contributed by atoms with Crippen molar-refractivity contribution in [1.82, 2.24) is 9.80 Å². The number of likely N-dealkylation sites (N-methyl/N-ethyl adjacent to an activating group) is 1. The van der Waals surface area contributed by atoms with Crippen LogP contribution in [0.3, 0.4) is 0 Å². The molecule has 0 spiro atoms. The number of nitrogens with two attached hydrogens (primary N) is 1. The van der Waals surface area contributed by atoms with E-state index < -0.39 is 0 Å². The predicted molar refractivity (Wildman–Crippen MR) is 56.8 cm³/mol. The summed E-state index contributed by atoms with van der Waals surface area (Å²) in [6, 6.07) is 0. The molecule has 1 saturated carbocycles. The van der Waals surface area contributed by atoms with E-state index in [1.807, 2.05) is 0 Å². The molecule has 1 aliphatic carbocycles. The van der Waals surface area contributed by atoms with Crippen LogP contribution in [0.25, 0.3) is 0 Å². The van der Waals surface area contributed by atoms with Gasteiger partial charge in [-0.1, -0.05) is 0 Å². The Morgan fingerprint density at radius 1 is 1.15 bits per heavy atom. The molecule has 0 aliphatic heterocycles. The van der Waals surface area contributed by atoms with Crippen LogP contribution in [-0.4, -0.2) is 56.1 Å². The van der Waals surface area contributed by atoms with Gasteiger partial charge in [0, 0.05) is 12.1 Å². The Morgan fingerprint density at radius 2 is 1.77 bits per heavy atom. The smallest absolute Gasteiger partial charge is 0.0284 e. The van der Waals surface area contributed by atoms with E-state index >= 15 is 0 Å². The van der Waals surface area contributed by atoms with Crippen LogP contribution in [-0.2, 0) is 0 Å². The highest BCUT2D eigenvalue weighted by atomic mass is 15.1. The first kappa shape index (κ1) is 11.0. The molecule has 1 aliphatic rings. The largest absolute Gasteiger partial charge is 0.324 e. The number of hydrogen-bond donors (Lipinski definition) is 1. The maximum Gasteiger partial charge on any atom is 0.0284 e. The van der Waals surface area contributed by atoms with Crippen molar-refractivity contribution >= 4 is 0 Å². The van der Waals surface area contributed by atoms with Gasteiger partial charge in [-0.2, -0.15) is 0 Å². The van der Waals surface area contributed by atoms with Crippen molar-refractivity contribution in [2.75, 3.05) is 40.8 Å². The van der Waals surface area contributed by atoms with Crippen LogP contribution in [0.4, 0.5) is 0 Å². The van der Waals surface area contributed by atoms with Crippen molar-refractivity contribution in [2.45, 2.75) is 24.8 Å². The van der Waals surface area contributed by atoms with Gasteiger partial charge in [0.25, 0.3) is 0 Å². The summed E-state index contributed by atoms with van der Waals surface area (Å²) in [5.41, 5.74) is 6.20. The third-order valence-electron chi connectivity index (χ3n) is 2.62. The second kappa shape index (κ2) is 4.40. The van der Waals surface area contributed by atoms with Crippen LogP contribution in [0.15, 0.2) is 0 Å². The fourth-order valence-electron chi connectivity index (χ4n) is 1.59. The van der Waals surface area contributed by atoms with Gasteiger partial charge in [0.15, 0.2) is 0 Å². The van der Waals surface area contributed by atoms with Crippen molar-refractivity contribution in [3.8, 4) is 0 Å². The Hall–Kier alpha value is -0.120. The average molecular weight is 185 g/mol. The fraction of sp³-hybridized carbons (Fsp3) is 1.00. The van der Waals surface area contributed by atoms with Crippen LogP contribution in [0.2, 0.25) is 0 Å². The molecule has 1 rings (SSSR count). The maximum atomic E-state index is 6.03. The lowest BCUT2D eigenvalue weighted by Gasteiger charge is -2.21. The normalized spacial score (nSPS) is 19.8. The molecular formula is C10H23N3. The summed E-state index contributed by atoms with van der Waals surface area (Å²) in [4.78, 5) is 4.58. The molecule has 0 atom stereocenters. The summed E-state index contributed by atoms with van der Waals surface area (Å²) in [6.45, 7) is 3.40. The SMILES string of the molecule is CN(C)CCCN(C)CC1(N)CC1. The molecule has 0 heterocycles. The van der Waals surface area contributed by atoms with Gasteiger partial charge < -0.3 is 15.5 Å². The van der Waals surface area contributed by atoms with Gasteiger partial charge in [0.05, 0.1) is 0 Å². The highest BCUT2D eigenvalue weighted by Gasteiger charge is 2.38. The minimum absolute atomic E-state index is 0.173. The van der Waals surface area contributed by atoms with Gasteiger partial charge in [-0.15, -0.1) is 0 Å². The molecule has 78 valence electrons. The fourth-order valence-corrected chi connectivity index (χ4v) is 1.59. The summed E-state index contributed by atoms with van der Waals surface area (Å²) in [6.07, 6.45) is 3.66. The van der Waals surface area contributed by atoms with Crippen molar-refractivity contribution in [3.63, 3.8) is 0 Å². The van der Waals surface area contributed by atoms with Crippen molar-refractivity contribution in [1.29, 1.82) is 0 Å². The molecule has 3 heteroatoms. The van der Waals surface area contributed by atoms with E-state index in [0.29, 0.717) is 0 Å². The third kappa shape index (κ3) is 4.60. The van der Waals surface area contributed by atoms with Crippen LogP contribution in [0.5, 0.6) is 0 Å². The van der Waals surface area contributed by atoms with E-state index in [-0.39, 0.29) is 5.54 Å². The van der Waals surface area contributed by atoms with E-state index in [1.165, 1.54) is 25.8 Å². The minimum Gasteiger partial charge on any atom is -0.324 e. The Labute approximate surface area is 81.9 Å². The molecule has 0 amide bonds. The number of nitrogens with zero attached hydrogens (tertiary/aromatic N) is 2. The molecular weight excluding hydrogens is 162 g/mol. The topological polar surface area (TPSA) is 32.5 Å². The highest BCUT2D eigenvalue weighted by molar-refractivity contribution is 5.00. The molecule has 3 nitrogen and oxygen atoms in total. The van der Waals surface area contributed by atoms with E-state index in [9.17, 15) is 0 Å². The molecule has 0 aromatic heterocycles. The van der Waals surface area contributed by atoms with Crippen LogP contribution in [0, 0.1) is 0 Å². The molecule has 0 bridgehead atoms. The zero-order chi connectivity index (χ0) is 9.90. The summed E-state index contributed by atoms with van der Waals surface area (Å²) in [7, 11) is 6.40. The average Bonchev–Trinajstić information content (AvgIpc) is 2.66. The molecule has 0 saturated heterocycles. The first-order valence-corrected chi connectivity index (χ1v) is 5.14. The second-order valence-corrected chi connectivity index (χ2v) is 4.76. The van der Waals surface area contributed by atoms with Gasteiger partial charge in [-0.3, -0.25) is 0 Å². The first-order chi connectivity index (χ1) is 6.02. The van der Waals surface area contributed by atoms with Gasteiger partial charge in [0.2, 0.25) is 0 Å². The van der Waals surface area contributed by atoms with E-state index in [0.717, 1.165) is 13.1 Å². The van der Waals surface area contributed by atoms with Crippen LogP contribution < -0.4 is 5.73 Å². The summed E-state index contributed by atoms with van der Waals surface area (Å²) < 4.78 is 0. The molecule has 0 aromatic carbocycles. The van der Waals surface area contributed by atoms with Crippen molar-refractivity contribution < 1.29 is 0 Å². The third-order valence-corrected chi connectivity index (χ3v) is 2.62. The van der Waals surface area contributed by atoms with Crippen LogP contribution in [0.1, 0.15) is 19.3 Å². The van der Waals surface area contributed by atoms with E-state index in [1.54, 1.807) is 0 Å². The Balaban J connectivity index is 2.01. The van der Waals surface area contributed by atoms with Crippen molar-refractivity contribution in [3.05, 3.63) is 0 Å². The number of rotatable bonds is 6. The monoisotopic (exact) mass is 185 g/mol. The molecule has 0 aromatic rings. The molecule has 0 unspecified atom stereocenters. The Morgan fingerprint density at radius 3 is 2.23 bits per heavy atom. The van der Waals surface area contributed by atoms with Gasteiger partial charge >= 0.3 is 0 Å². The second-order valence-electron chi connectivity index (χ2n) is 4.76. The van der Waals surface area contributed by atoms with Crippen molar-refractivity contribution in [2.24, 2.45) is 5.73 Å². The van der Waals surface area contributed by atoms with Gasteiger partial charge in [-0.25, -0.2) is 0 Å². The molecule has 2 N–H and O–H groups in total. The zero-order valence-corrected chi connectivity index (χ0v) is 9.21. The quantitative estimate of drug-likeness (QED) is 0.648. The highest BCUT2D eigenvalue weighted by Crippen LogP contribution is 2.32. The van der Waals surface area contributed by atoms with Crippen LogP contribution >= 0.6 is 0 Å². The van der Waals surface area contributed by atoms with Gasteiger partial charge in [0.1, 0.15) is 0 Å². The lowest BCUT2D eigenvalue weighted by molar-refractivity contribution is 0.279. The summed E-state index contributed by atoms with van der Waals surface area (Å²) >= 11 is 0. The molecule has 13 heavy (non-hydrogen) atoms. The molecule has 0 radical (unpaired) electrons.